The zero-order valence-corrected chi connectivity index (χ0v) is 22.9. The van der Waals surface area contributed by atoms with Crippen molar-refractivity contribution < 1.29 is 28.2 Å². The molecule has 3 aromatic heterocycles. The number of carboxylic acids is 1. The van der Waals surface area contributed by atoms with E-state index in [1.54, 1.807) is 14.0 Å². The number of hydrogen-bond donors (Lipinski definition) is 2. The molecule has 1 fully saturated rings. The maximum absolute atomic E-state index is 14.9. The second kappa shape index (κ2) is 9.79. The van der Waals surface area contributed by atoms with Gasteiger partial charge < -0.3 is 9.84 Å². The number of rotatable bonds is 7. The average Bonchev–Trinajstić information content (AvgIpc) is 3.28. The fraction of sp³-hybridized carbons (Fsp3) is 0.214. The van der Waals surface area contributed by atoms with Gasteiger partial charge in [-0.3, -0.25) is 10.1 Å². The van der Waals surface area contributed by atoms with E-state index in [4.69, 9.17) is 4.74 Å². The number of thiophene rings is 2. The average molecular weight is 581 g/mol. The fourth-order valence-electron chi connectivity index (χ4n) is 4.71. The molecule has 12 heteroatoms. The van der Waals surface area contributed by atoms with Gasteiger partial charge in [0.1, 0.15) is 23.4 Å². The Labute approximate surface area is 234 Å². The van der Waals surface area contributed by atoms with Crippen LogP contribution >= 0.6 is 22.7 Å². The van der Waals surface area contributed by atoms with Crippen molar-refractivity contribution in [1.29, 1.82) is 0 Å². The van der Waals surface area contributed by atoms with Crippen LogP contribution in [0.3, 0.4) is 0 Å². The van der Waals surface area contributed by atoms with E-state index in [0.29, 0.717) is 22.0 Å². The first-order chi connectivity index (χ1) is 19.2. The van der Waals surface area contributed by atoms with Gasteiger partial charge in [0.2, 0.25) is 0 Å². The minimum Gasteiger partial charge on any atom is -0.481 e. The minimum atomic E-state index is -1.47. The van der Waals surface area contributed by atoms with E-state index < -0.39 is 35.2 Å². The summed E-state index contributed by atoms with van der Waals surface area (Å²) in [6, 6.07) is 15.5. The lowest BCUT2D eigenvalue weighted by Gasteiger charge is -2.14. The van der Waals surface area contributed by atoms with Crippen LogP contribution < -0.4 is 5.32 Å². The van der Waals surface area contributed by atoms with E-state index in [2.05, 4.69) is 15.6 Å². The Balaban J connectivity index is 1.24. The highest BCUT2D eigenvalue weighted by Gasteiger charge is 2.55. The topological polar surface area (TPSA) is 106 Å². The molecule has 8 nitrogen and oxygen atoms in total. The number of benzene rings is 2. The van der Waals surface area contributed by atoms with Crippen LogP contribution in [0.2, 0.25) is 0 Å². The van der Waals surface area contributed by atoms with E-state index in [0.717, 1.165) is 19.8 Å². The van der Waals surface area contributed by atoms with Crippen molar-refractivity contribution in [3.63, 3.8) is 0 Å². The van der Waals surface area contributed by atoms with Crippen LogP contribution in [-0.2, 0) is 22.0 Å². The predicted molar refractivity (Wildman–Crippen MR) is 149 cm³/mol. The molecule has 5 aromatic rings. The third-order valence-corrected chi connectivity index (χ3v) is 9.35. The zero-order valence-electron chi connectivity index (χ0n) is 21.3. The first kappa shape index (κ1) is 26.1. The predicted octanol–water partition coefficient (Wildman–Crippen LogP) is 7.13. The smallest absolute Gasteiger partial charge is 0.413 e. The second-order valence-electron chi connectivity index (χ2n) is 9.65. The Bertz CT molecular complexity index is 1720. The van der Waals surface area contributed by atoms with E-state index in [-0.39, 0.29) is 18.4 Å². The van der Waals surface area contributed by atoms with Crippen molar-refractivity contribution >= 4 is 50.0 Å². The number of fused-ring (bicyclic) bond motifs is 1. The molecule has 1 aliphatic carbocycles. The number of aryl methyl sites for hydroxylation is 1. The number of nitrogens with zero attached hydrogens (tertiary/aromatic N) is 3. The lowest BCUT2D eigenvalue weighted by Crippen LogP contribution is -2.22. The lowest BCUT2D eigenvalue weighted by molar-refractivity contribution is -0.140. The molecule has 0 spiro atoms. The minimum absolute atomic E-state index is 0.218. The van der Waals surface area contributed by atoms with Crippen molar-refractivity contribution in [2.24, 2.45) is 7.05 Å². The molecule has 0 saturated heterocycles. The molecule has 1 amide bonds. The molecule has 1 saturated carbocycles. The Morgan fingerprint density at radius 3 is 2.30 bits per heavy atom. The van der Waals surface area contributed by atoms with E-state index in [1.807, 2.05) is 42.5 Å². The lowest BCUT2D eigenvalue weighted by atomic mass is 9.93. The van der Waals surface area contributed by atoms with Gasteiger partial charge in [-0.2, -0.15) is 0 Å². The standard InChI is InChI=1S/C28H22F2N4O4S2/c1-14(15-6-4-3-5-7-15)38-27(37)31-25-24(32-33-34(25)2)22-13-21-20(40-22)12-19(39-21)16-10-17(29)23(18(30)11-16)28(8-9-28)26(35)36/h3-7,10-14H,8-9H2,1-2H3,(H,31,37)(H,35,36). The first-order valence-electron chi connectivity index (χ1n) is 12.4. The number of aromatic nitrogens is 3. The van der Waals surface area contributed by atoms with Gasteiger partial charge in [-0.05, 0) is 55.2 Å². The number of nitrogens with one attached hydrogen (secondary N) is 1. The second-order valence-corrected chi connectivity index (χ2v) is 11.8. The number of carboxylic acid groups (broad SMARTS) is 1. The van der Waals surface area contributed by atoms with Crippen LogP contribution in [0.1, 0.15) is 37.0 Å². The number of aliphatic carboxylic acids is 1. The molecule has 204 valence electrons. The Hall–Kier alpha value is -4.16. The van der Waals surface area contributed by atoms with Crippen molar-refractivity contribution in [2.75, 3.05) is 5.32 Å². The van der Waals surface area contributed by atoms with E-state index >= 15 is 0 Å². The number of amides is 1. The molecule has 2 aromatic carbocycles. The van der Waals surface area contributed by atoms with Gasteiger partial charge in [0.15, 0.2) is 5.82 Å². The third kappa shape index (κ3) is 4.52. The summed E-state index contributed by atoms with van der Waals surface area (Å²) < 4.78 is 38.5. The highest BCUT2D eigenvalue weighted by Crippen LogP contribution is 2.51. The van der Waals surface area contributed by atoms with Crippen LogP contribution in [0.4, 0.5) is 19.4 Å². The van der Waals surface area contributed by atoms with Crippen molar-refractivity contribution in [3.8, 4) is 21.0 Å². The normalized spacial score (nSPS) is 14.7. The van der Waals surface area contributed by atoms with Gasteiger partial charge in [0.05, 0.1) is 10.3 Å². The summed E-state index contributed by atoms with van der Waals surface area (Å²) in [5.74, 6) is -2.54. The molecule has 0 radical (unpaired) electrons. The molecule has 0 aliphatic heterocycles. The summed E-state index contributed by atoms with van der Waals surface area (Å²) in [5, 5.41) is 20.5. The molecule has 40 heavy (non-hydrogen) atoms. The number of ether oxygens (including phenoxy) is 1. The van der Waals surface area contributed by atoms with Crippen molar-refractivity contribution in [1.82, 2.24) is 15.0 Å². The third-order valence-electron chi connectivity index (χ3n) is 7.01. The van der Waals surface area contributed by atoms with Crippen LogP contribution in [-0.4, -0.2) is 32.2 Å². The van der Waals surface area contributed by atoms with Gasteiger partial charge in [0, 0.05) is 26.9 Å². The largest absolute Gasteiger partial charge is 0.481 e. The molecular weight excluding hydrogens is 558 g/mol. The van der Waals surface area contributed by atoms with Crippen LogP contribution in [0.5, 0.6) is 0 Å². The molecule has 3 heterocycles. The Morgan fingerprint density at radius 1 is 1.05 bits per heavy atom. The van der Waals surface area contributed by atoms with Gasteiger partial charge in [-0.1, -0.05) is 35.5 Å². The summed E-state index contributed by atoms with van der Waals surface area (Å²) in [4.78, 5) is 25.6. The molecule has 1 unspecified atom stereocenters. The molecule has 0 bridgehead atoms. The monoisotopic (exact) mass is 580 g/mol. The summed E-state index contributed by atoms with van der Waals surface area (Å²) in [6.45, 7) is 1.78. The highest BCUT2D eigenvalue weighted by atomic mass is 32.1. The van der Waals surface area contributed by atoms with Crippen molar-refractivity contribution in [3.05, 3.63) is 77.4 Å². The highest BCUT2D eigenvalue weighted by molar-refractivity contribution is 7.31. The first-order valence-corrected chi connectivity index (χ1v) is 14.0. The SMILES string of the molecule is CC(OC(=O)Nc1c(-c2cc3sc(-c4cc(F)c(C5(C(=O)O)CC5)c(F)c4)cc3s2)nnn1C)c1ccccc1. The number of carbonyl (C=O) groups is 2. The molecule has 6 rings (SSSR count). The molecular formula is C28H22F2N4O4S2. The molecule has 2 N–H and O–H groups in total. The van der Waals surface area contributed by atoms with Gasteiger partial charge in [-0.25, -0.2) is 18.3 Å². The summed E-state index contributed by atoms with van der Waals surface area (Å²) in [7, 11) is 1.66. The van der Waals surface area contributed by atoms with Gasteiger partial charge in [0.25, 0.3) is 0 Å². The zero-order chi connectivity index (χ0) is 28.2. The summed E-state index contributed by atoms with van der Waals surface area (Å²) in [5.41, 5.74) is -0.174. The maximum Gasteiger partial charge on any atom is 0.413 e. The fourth-order valence-corrected chi connectivity index (χ4v) is 7.07. The van der Waals surface area contributed by atoms with Gasteiger partial charge in [-0.15, -0.1) is 27.8 Å². The van der Waals surface area contributed by atoms with Crippen LogP contribution in [0.25, 0.3) is 30.4 Å². The summed E-state index contributed by atoms with van der Waals surface area (Å²) in [6.07, 6.45) is -0.669. The number of carbonyl (C=O) groups excluding carboxylic acids is 1. The van der Waals surface area contributed by atoms with Crippen LogP contribution in [0.15, 0.2) is 54.6 Å². The van der Waals surface area contributed by atoms with E-state index in [1.165, 1.54) is 39.5 Å². The number of halogens is 2. The maximum atomic E-state index is 14.9. The molecule has 1 atom stereocenters. The van der Waals surface area contributed by atoms with E-state index in [9.17, 15) is 23.5 Å². The quantitative estimate of drug-likeness (QED) is 0.212. The Morgan fingerprint density at radius 2 is 1.68 bits per heavy atom. The van der Waals surface area contributed by atoms with Crippen LogP contribution in [0, 0.1) is 11.6 Å². The van der Waals surface area contributed by atoms with Crippen molar-refractivity contribution in [2.45, 2.75) is 31.3 Å². The Kier molecular flexibility index (Phi) is 6.38. The number of anilines is 1. The molecule has 1 aliphatic rings. The van der Waals surface area contributed by atoms with Gasteiger partial charge >= 0.3 is 12.1 Å². The summed E-state index contributed by atoms with van der Waals surface area (Å²) >= 11 is 2.74. The number of hydrogen-bond acceptors (Lipinski definition) is 7.